The molecule has 0 aliphatic carbocycles. The van der Waals surface area contributed by atoms with E-state index in [2.05, 4.69) is 6.92 Å². The van der Waals surface area contributed by atoms with Gasteiger partial charge in [-0.15, -0.1) is 0 Å². The minimum atomic E-state index is 0.0329. The van der Waals surface area contributed by atoms with Crippen molar-refractivity contribution in [3.05, 3.63) is 29.3 Å². The van der Waals surface area contributed by atoms with Crippen molar-refractivity contribution in [2.45, 2.75) is 27.2 Å². The van der Waals surface area contributed by atoms with Crippen LogP contribution in [0.5, 0.6) is 0 Å². The van der Waals surface area contributed by atoms with Crippen LogP contribution in [0.25, 0.3) is 0 Å². The molecule has 0 saturated carbocycles. The number of nitrogen functional groups attached to an aromatic ring is 1. The summed E-state index contributed by atoms with van der Waals surface area (Å²) in [6, 6.07) is 5.59. The normalized spacial score (nSPS) is 10.2. The number of anilines is 1. The topological polar surface area (TPSA) is 46.3 Å². The van der Waals surface area contributed by atoms with Gasteiger partial charge in [0.25, 0.3) is 5.91 Å². The molecule has 1 aromatic rings. The third-order valence-electron chi connectivity index (χ3n) is 2.72. The summed E-state index contributed by atoms with van der Waals surface area (Å²) in [4.78, 5) is 14.0. The second-order valence-electron chi connectivity index (χ2n) is 3.92. The molecular weight excluding hydrogens is 200 g/mol. The number of para-hydroxylation sites is 1. The lowest BCUT2D eigenvalue weighted by Crippen LogP contribution is -2.32. The zero-order chi connectivity index (χ0) is 12.1. The molecule has 3 heteroatoms. The van der Waals surface area contributed by atoms with Gasteiger partial charge in [-0.2, -0.15) is 0 Å². The molecular formula is C13H20N2O. The number of carbonyl (C=O) groups is 1. The molecule has 88 valence electrons. The maximum Gasteiger partial charge on any atom is 0.255 e. The molecule has 0 aromatic heterocycles. The Hall–Kier alpha value is -1.51. The molecule has 0 aliphatic rings. The van der Waals surface area contributed by atoms with Crippen molar-refractivity contribution >= 4 is 11.6 Å². The van der Waals surface area contributed by atoms with E-state index >= 15 is 0 Å². The molecule has 1 amide bonds. The molecule has 0 spiro atoms. The first-order chi connectivity index (χ1) is 7.61. The highest BCUT2D eigenvalue weighted by atomic mass is 16.2. The molecule has 2 N–H and O–H groups in total. The van der Waals surface area contributed by atoms with E-state index in [1.807, 2.05) is 30.9 Å². The van der Waals surface area contributed by atoms with E-state index in [-0.39, 0.29) is 5.91 Å². The van der Waals surface area contributed by atoms with Crippen molar-refractivity contribution in [1.82, 2.24) is 4.90 Å². The first-order valence-corrected chi connectivity index (χ1v) is 5.76. The van der Waals surface area contributed by atoms with Crippen LogP contribution in [-0.2, 0) is 0 Å². The summed E-state index contributed by atoms with van der Waals surface area (Å²) in [6.07, 6.45) is 0.964. The summed E-state index contributed by atoms with van der Waals surface area (Å²) in [7, 11) is 0. The van der Waals surface area contributed by atoms with E-state index in [4.69, 9.17) is 5.73 Å². The smallest absolute Gasteiger partial charge is 0.255 e. The van der Waals surface area contributed by atoms with E-state index in [0.717, 1.165) is 25.1 Å². The van der Waals surface area contributed by atoms with Gasteiger partial charge in [0.15, 0.2) is 0 Å². The minimum absolute atomic E-state index is 0.0329. The van der Waals surface area contributed by atoms with Gasteiger partial charge in [0, 0.05) is 18.8 Å². The van der Waals surface area contributed by atoms with Crippen molar-refractivity contribution in [3.63, 3.8) is 0 Å². The van der Waals surface area contributed by atoms with Crippen molar-refractivity contribution in [2.24, 2.45) is 0 Å². The number of amides is 1. The number of rotatable bonds is 4. The van der Waals surface area contributed by atoms with Gasteiger partial charge in [-0.3, -0.25) is 4.79 Å². The first-order valence-electron chi connectivity index (χ1n) is 5.76. The Morgan fingerprint density at radius 1 is 1.38 bits per heavy atom. The van der Waals surface area contributed by atoms with Crippen LogP contribution in [0.2, 0.25) is 0 Å². The van der Waals surface area contributed by atoms with Crippen LogP contribution in [0.15, 0.2) is 18.2 Å². The summed E-state index contributed by atoms with van der Waals surface area (Å²) in [5, 5.41) is 0. The van der Waals surface area contributed by atoms with Gasteiger partial charge in [0.05, 0.1) is 5.56 Å². The van der Waals surface area contributed by atoms with Crippen molar-refractivity contribution < 1.29 is 4.79 Å². The highest BCUT2D eigenvalue weighted by molar-refractivity contribution is 5.99. The average Bonchev–Trinajstić information content (AvgIpc) is 2.29. The number of aryl methyl sites for hydroxylation is 1. The summed E-state index contributed by atoms with van der Waals surface area (Å²) < 4.78 is 0. The SMILES string of the molecule is CCCN(CC)C(=O)c1cccc(C)c1N. The lowest BCUT2D eigenvalue weighted by Gasteiger charge is -2.21. The van der Waals surface area contributed by atoms with Crippen LogP contribution in [0.1, 0.15) is 36.2 Å². The van der Waals surface area contributed by atoms with Crippen molar-refractivity contribution in [1.29, 1.82) is 0 Å². The molecule has 0 radical (unpaired) electrons. The predicted molar refractivity (Wildman–Crippen MR) is 67.5 cm³/mol. The number of nitrogens with two attached hydrogens (primary N) is 1. The number of carbonyl (C=O) groups excluding carboxylic acids is 1. The second kappa shape index (κ2) is 5.54. The number of benzene rings is 1. The Morgan fingerprint density at radius 3 is 2.62 bits per heavy atom. The number of hydrogen-bond donors (Lipinski definition) is 1. The highest BCUT2D eigenvalue weighted by Crippen LogP contribution is 2.18. The number of nitrogens with zero attached hydrogens (tertiary/aromatic N) is 1. The summed E-state index contributed by atoms with van der Waals surface area (Å²) in [5.74, 6) is 0.0329. The van der Waals surface area contributed by atoms with Crippen LogP contribution < -0.4 is 5.73 Å². The standard InChI is InChI=1S/C13H20N2O/c1-4-9-15(5-2)13(16)11-8-6-7-10(3)12(11)14/h6-8H,4-5,9,14H2,1-3H3. The summed E-state index contributed by atoms with van der Waals surface area (Å²) in [6.45, 7) is 7.47. The number of hydrogen-bond acceptors (Lipinski definition) is 2. The maximum absolute atomic E-state index is 12.2. The largest absolute Gasteiger partial charge is 0.398 e. The Kier molecular flexibility index (Phi) is 4.35. The Bertz CT molecular complexity index is 374. The molecule has 0 unspecified atom stereocenters. The first kappa shape index (κ1) is 12.6. The van der Waals surface area contributed by atoms with Crippen LogP contribution in [-0.4, -0.2) is 23.9 Å². The van der Waals surface area contributed by atoms with Crippen molar-refractivity contribution in [3.8, 4) is 0 Å². The molecule has 1 rings (SSSR count). The Morgan fingerprint density at radius 2 is 2.06 bits per heavy atom. The van der Waals surface area contributed by atoms with Gasteiger partial charge in [0.1, 0.15) is 0 Å². The fourth-order valence-corrected chi connectivity index (χ4v) is 1.71. The van der Waals surface area contributed by atoms with E-state index in [0.29, 0.717) is 11.3 Å². The van der Waals surface area contributed by atoms with Gasteiger partial charge < -0.3 is 10.6 Å². The minimum Gasteiger partial charge on any atom is -0.398 e. The zero-order valence-corrected chi connectivity index (χ0v) is 10.3. The molecule has 0 saturated heterocycles. The Balaban J connectivity index is 2.99. The zero-order valence-electron chi connectivity index (χ0n) is 10.3. The van der Waals surface area contributed by atoms with Gasteiger partial charge in [-0.1, -0.05) is 19.1 Å². The monoisotopic (exact) mass is 220 g/mol. The van der Waals surface area contributed by atoms with E-state index in [1.165, 1.54) is 0 Å². The second-order valence-corrected chi connectivity index (χ2v) is 3.92. The third kappa shape index (κ3) is 2.54. The lowest BCUT2D eigenvalue weighted by atomic mass is 10.1. The van der Waals surface area contributed by atoms with Gasteiger partial charge in [-0.05, 0) is 31.9 Å². The molecule has 0 bridgehead atoms. The van der Waals surface area contributed by atoms with Crippen LogP contribution in [0.3, 0.4) is 0 Å². The van der Waals surface area contributed by atoms with Gasteiger partial charge in [0.2, 0.25) is 0 Å². The quantitative estimate of drug-likeness (QED) is 0.792. The van der Waals surface area contributed by atoms with Crippen molar-refractivity contribution in [2.75, 3.05) is 18.8 Å². The summed E-state index contributed by atoms with van der Waals surface area (Å²) >= 11 is 0. The molecule has 0 heterocycles. The average molecular weight is 220 g/mol. The van der Waals surface area contributed by atoms with Gasteiger partial charge >= 0.3 is 0 Å². The van der Waals surface area contributed by atoms with Crippen LogP contribution >= 0.6 is 0 Å². The molecule has 0 atom stereocenters. The van der Waals surface area contributed by atoms with Crippen LogP contribution in [0.4, 0.5) is 5.69 Å². The third-order valence-corrected chi connectivity index (χ3v) is 2.72. The molecule has 1 aromatic carbocycles. The molecule has 3 nitrogen and oxygen atoms in total. The lowest BCUT2D eigenvalue weighted by molar-refractivity contribution is 0.0765. The molecule has 16 heavy (non-hydrogen) atoms. The molecule has 0 aliphatic heterocycles. The van der Waals surface area contributed by atoms with E-state index < -0.39 is 0 Å². The predicted octanol–water partition coefficient (Wildman–Crippen LogP) is 2.45. The fraction of sp³-hybridized carbons (Fsp3) is 0.462. The highest BCUT2D eigenvalue weighted by Gasteiger charge is 2.16. The van der Waals surface area contributed by atoms with Gasteiger partial charge in [-0.25, -0.2) is 0 Å². The Labute approximate surface area is 97.2 Å². The molecule has 0 fully saturated rings. The van der Waals surface area contributed by atoms with E-state index in [9.17, 15) is 4.79 Å². The maximum atomic E-state index is 12.2. The van der Waals surface area contributed by atoms with E-state index in [1.54, 1.807) is 6.07 Å². The van der Waals surface area contributed by atoms with Crippen LogP contribution in [0, 0.1) is 6.92 Å². The summed E-state index contributed by atoms with van der Waals surface area (Å²) in [5.41, 5.74) is 8.10. The fourth-order valence-electron chi connectivity index (χ4n) is 1.71.